The second-order valence-electron chi connectivity index (χ2n) is 12.8. The van der Waals surface area contributed by atoms with E-state index >= 15 is 0 Å². The number of hydrogen-bond acceptors (Lipinski definition) is 3. The van der Waals surface area contributed by atoms with Gasteiger partial charge in [0.25, 0.3) is 5.60 Å². The van der Waals surface area contributed by atoms with Gasteiger partial charge in [0.15, 0.2) is 0 Å². The number of amides is 2. The van der Waals surface area contributed by atoms with Gasteiger partial charge in [0, 0.05) is 54.4 Å². The molecule has 2 aliphatic heterocycles. The summed E-state index contributed by atoms with van der Waals surface area (Å²) < 4.78 is 94.4. The van der Waals surface area contributed by atoms with Gasteiger partial charge in [0.05, 0.1) is 0 Å². The highest BCUT2D eigenvalue weighted by Crippen LogP contribution is 2.51. The molecule has 0 saturated carbocycles. The van der Waals surface area contributed by atoms with Crippen molar-refractivity contribution in [1.29, 1.82) is 0 Å². The predicted octanol–water partition coefficient (Wildman–Crippen LogP) is 6.31. The van der Waals surface area contributed by atoms with Crippen molar-refractivity contribution in [2.75, 3.05) is 26.2 Å². The third kappa shape index (κ3) is 5.99. The number of rotatable bonds is 4. The summed E-state index contributed by atoms with van der Waals surface area (Å²) in [5, 5.41) is 9.81. The van der Waals surface area contributed by atoms with Gasteiger partial charge in [-0.2, -0.15) is 26.3 Å². The summed E-state index contributed by atoms with van der Waals surface area (Å²) in [6.45, 7) is 8.43. The van der Waals surface area contributed by atoms with Crippen LogP contribution in [0.1, 0.15) is 63.1 Å². The summed E-state index contributed by atoms with van der Waals surface area (Å²) in [5.74, 6) is -1.58. The molecule has 0 spiro atoms. The van der Waals surface area contributed by atoms with E-state index in [1.165, 1.54) is 12.1 Å². The number of aliphatic hydroxyl groups is 1. The zero-order chi connectivity index (χ0) is 32.2. The monoisotopic (exact) mass is 616 g/mol. The molecule has 0 unspecified atom stereocenters. The smallest absolute Gasteiger partial charge is 0.369 e. The van der Waals surface area contributed by atoms with Gasteiger partial charge in [-0.05, 0) is 36.1 Å². The van der Waals surface area contributed by atoms with Crippen LogP contribution in [0.3, 0.4) is 0 Å². The van der Waals surface area contributed by atoms with Gasteiger partial charge in [-0.3, -0.25) is 9.59 Å². The van der Waals surface area contributed by atoms with Gasteiger partial charge in [0.1, 0.15) is 5.82 Å². The summed E-state index contributed by atoms with van der Waals surface area (Å²) in [6.07, 6.45) is -11.1. The number of hydrogen-bond donors (Lipinski definition) is 1. The first kappa shape index (κ1) is 32.8. The predicted molar refractivity (Wildman–Crippen MR) is 144 cm³/mol. The molecule has 2 aliphatic rings. The summed E-state index contributed by atoms with van der Waals surface area (Å²) in [7, 11) is 0. The van der Waals surface area contributed by atoms with Crippen LogP contribution in [0, 0.1) is 17.2 Å². The van der Waals surface area contributed by atoms with E-state index in [-0.39, 0.29) is 30.8 Å². The molecular formula is C31H35F7N2O3. The van der Waals surface area contributed by atoms with Crippen LogP contribution in [-0.4, -0.2) is 65.3 Å². The van der Waals surface area contributed by atoms with Crippen LogP contribution >= 0.6 is 0 Å². The van der Waals surface area contributed by atoms with Crippen molar-refractivity contribution in [2.24, 2.45) is 11.3 Å². The minimum Gasteiger partial charge on any atom is -0.369 e. The Morgan fingerprint density at radius 3 is 1.81 bits per heavy atom. The quantitative estimate of drug-likeness (QED) is 0.410. The van der Waals surface area contributed by atoms with E-state index < -0.39 is 46.1 Å². The fourth-order valence-corrected chi connectivity index (χ4v) is 6.26. The average Bonchev–Trinajstić information content (AvgIpc) is 3.29. The molecule has 2 aromatic rings. The van der Waals surface area contributed by atoms with Crippen LogP contribution in [0.25, 0.3) is 0 Å². The van der Waals surface area contributed by atoms with Crippen molar-refractivity contribution in [1.82, 2.24) is 9.80 Å². The largest absolute Gasteiger partial charge is 0.430 e. The Morgan fingerprint density at radius 2 is 1.35 bits per heavy atom. The Morgan fingerprint density at radius 1 is 0.837 bits per heavy atom. The molecule has 2 fully saturated rings. The van der Waals surface area contributed by atoms with Crippen LogP contribution in [0.5, 0.6) is 0 Å². The average molecular weight is 617 g/mol. The Kier molecular flexibility index (Phi) is 8.45. The van der Waals surface area contributed by atoms with Crippen LogP contribution in [0.15, 0.2) is 48.5 Å². The number of carbonyl (C=O) groups excluding carboxylic acids is 2. The molecule has 2 atom stereocenters. The highest BCUT2D eigenvalue weighted by atomic mass is 19.4. The lowest BCUT2D eigenvalue weighted by Gasteiger charge is -2.36. The van der Waals surface area contributed by atoms with Gasteiger partial charge in [-0.25, -0.2) is 4.39 Å². The number of carbonyl (C=O) groups is 2. The fraction of sp³-hybridized carbons (Fsp3) is 0.548. The molecule has 4 rings (SSSR count). The second-order valence-corrected chi connectivity index (χ2v) is 12.8. The number of piperidine rings is 1. The van der Waals surface area contributed by atoms with Crippen molar-refractivity contribution in [3.63, 3.8) is 0 Å². The minimum atomic E-state index is -6.01. The molecule has 0 bridgehead atoms. The standard InChI is InChI=1S/C31H35F7N2O3/c1-27(2,3)26(42)39-15-13-20(14-16-39)25(41)40-17-24(28(4,18-40)21-9-11-23(32)12-10-21)19-5-7-22(8-6-19)29(43,30(33,34)35)31(36,37)38/h5-12,20,24,43H,13-18H2,1-4H3/t24-,28+/m0/s1. The van der Waals surface area contributed by atoms with Crippen molar-refractivity contribution >= 4 is 11.8 Å². The maximum atomic E-state index is 13.8. The molecule has 5 nitrogen and oxygen atoms in total. The molecule has 43 heavy (non-hydrogen) atoms. The second kappa shape index (κ2) is 11.1. The van der Waals surface area contributed by atoms with Crippen LogP contribution in [0.4, 0.5) is 30.7 Å². The molecule has 12 heteroatoms. The summed E-state index contributed by atoms with van der Waals surface area (Å²) in [6, 6.07) is 9.02. The van der Waals surface area contributed by atoms with Crippen molar-refractivity contribution in [2.45, 2.75) is 69.8 Å². The van der Waals surface area contributed by atoms with E-state index in [1.54, 1.807) is 21.9 Å². The first-order chi connectivity index (χ1) is 19.7. The Bertz CT molecular complexity index is 1310. The maximum Gasteiger partial charge on any atom is 0.430 e. The normalized spacial score (nSPS) is 22.7. The number of likely N-dealkylation sites (tertiary alicyclic amines) is 2. The number of halogens is 7. The van der Waals surface area contributed by atoms with E-state index in [4.69, 9.17) is 0 Å². The molecule has 2 saturated heterocycles. The van der Waals surface area contributed by atoms with E-state index in [0.717, 1.165) is 12.1 Å². The Balaban J connectivity index is 1.63. The first-order valence-corrected chi connectivity index (χ1v) is 14.0. The SMILES string of the molecule is CC(C)(C)C(=O)N1CCC(C(=O)N2C[C@@H](c3ccc(C(O)(C(F)(F)F)C(F)(F)F)cc3)[C@@](C)(c3ccc(F)cc3)C2)CC1. The van der Waals surface area contributed by atoms with Crippen LogP contribution in [-0.2, 0) is 20.6 Å². The van der Waals surface area contributed by atoms with Crippen molar-refractivity contribution in [3.05, 3.63) is 71.0 Å². The molecule has 0 aromatic heterocycles. The number of nitrogens with zero attached hydrogens (tertiary/aromatic N) is 2. The molecule has 2 heterocycles. The summed E-state index contributed by atoms with van der Waals surface area (Å²) in [4.78, 5) is 29.8. The third-order valence-electron chi connectivity index (χ3n) is 8.83. The van der Waals surface area contributed by atoms with Crippen LogP contribution in [0.2, 0.25) is 0 Å². The van der Waals surface area contributed by atoms with Gasteiger partial charge in [-0.15, -0.1) is 0 Å². The molecule has 2 amide bonds. The zero-order valence-electron chi connectivity index (χ0n) is 24.3. The van der Waals surface area contributed by atoms with E-state index in [9.17, 15) is 45.4 Å². The topological polar surface area (TPSA) is 60.9 Å². The molecule has 236 valence electrons. The van der Waals surface area contributed by atoms with Crippen molar-refractivity contribution in [3.8, 4) is 0 Å². The van der Waals surface area contributed by atoms with Crippen LogP contribution < -0.4 is 0 Å². The van der Waals surface area contributed by atoms with E-state index in [2.05, 4.69) is 0 Å². The van der Waals surface area contributed by atoms with Gasteiger partial charge in [-0.1, -0.05) is 64.1 Å². The van der Waals surface area contributed by atoms with Gasteiger partial charge < -0.3 is 14.9 Å². The van der Waals surface area contributed by atoms with Gasteiger partial charge >= 0.3 is 12.4 Å². The zero-order valence-corrected chi connectivity index (χ0v) is 24.3. The maximum absolute atomic E-state index is 13.8. The summed E-state index contributed by atoms with van der Waals surface area (Å²) in [5.41, 5.74) is -6.84. The Labute approximate surface area is 245 Å². The minimum absolute atomic E-state index is 0.00471. The van der Waals surface area contributed by atoms with Gasteiger partial charge in [0.2, 0.25) is 11.8 Å². The molecule has 1 N–H and O–H groups in total. The molecule has 0 radical (unpaired) electrons. The number of alkyl halides is 6. The lowest BCUT2D eigenvalue weighted by atomic mass is 9.71. The molecular weight excluding hydrogens is 581 g/mol. The summed E-state index contributed by atoms with van der Waals surface area (Å²) >= 11 is 0. The first-order valence-electron chi connectivity index (χ1n) is 14.0. The lowest BCUT2D eigenvalue weighted by molar-refractivity contribution is -0.376. The highest BCUT2D eigenvalue weighted by molar-refractivity contribution is 5.83. The van der Waals surface area contributed by atoms with E-state index in [1.807, 2.05) is 27.7 Å². The lowest BCUT2D eigenvalue weighted by Crippen LogP contribution is -2.53. The molecule has 0 aliphatic carbocycles. The highest BCUT2D eigenvalue weighted by Gasteiger charge is 2.71. The third-order valence-corrected chi connectivity index (χ3v) is 8.83. The number of benzene rings is 2. The Hall–Kier alpha value is -3.15. The van der Waals surface area contributed by atoms with Crippen molar-refractivity contribution < 1.29 is 45.4 Å². The fourth-order valence-electron chi connectivity index (χ4n) is 6.26. The van der Waals surface area contributed by atoms with E-state index in [0.29, 0.717) is 49.2 Å². The molecule has 2 aromatic carbocycles.